The largest absolute Gasteiger partial charge is 0.355 e. The number of sulfonamides is 1. The van der Waals surface area contributed by atoms with Gasteiger partial charge in [0.05, 0.1) is 11.9 Å². The lowest BCUT2D eigenvalue weighted by Crippen LogP contribution is -2.33. The molecule has 0 aliphatic carbocycles. The maximum atomic E-state index is 12.2. The van der Waals surface area contributed by atoms with Crippen molar-refractivity contribution in [3.05, 3.63) is 64.7 Å². The number of anilines is 1. The van der Waals surface area contributed by atoms with Crippen LogP contribution in [0, 0.1) is 6.92 Å². The Morgan fingerprint density at radius 2 is 1.83 bits per heavy atom. The SMILES string of the molecule is Cc1ccccc1N(CCCC(=O)NCCSCc1ccccc1Cl)S(C)(=O)=O. The topological polar surface area (TPSA) is 66.5 Å². The van der Waals surface area contributed by atoms with Crippen molar-refractivity contribution in [2.45, 2.75) is 25.5 Å². The number of benzene rings is 2. The van der Waals surface area contributed by atoms with Gasteiger partial charge in [-0.15, -0.1) is 0 Å². The lowest BCUT2D eigenvalue weighted by atomic mass is 10.2. The summed E-state index contributed by atoms with van der Waals surface area (Å²) in [4.78, 5) is 12.1. The molecule has 0 aromatic heterocycles. The fourth-order valence-electron chi connectivity index (χ4n) is 2.84. The first-order valence-electron chi connectivity index (χ1n) is 9.40. The Bertz CT molecular complexity index is 920. The van der Waals surface area contributed by atoms with Crippen LogP contribution < -0.4 is 9.62 Å². The highest BCUT2D eigenvalue weighted by molar-refractivity contribution is 7.98. The molecule has 0 saturated heterocycles. The number of carbonyl (C=O) groups excluding carboxylic acids is 1. The second kappa shape index (κ2) is 11.5. The molecule has 29 heavy (non-hydrogen) atoms. The summed E-state index contributed by atoms with van der Waals surface area (Å²) in [6, 6.07) is 15.1. The maximum absolute atomic E-state index is 12.2. The molecule has 2 aromatic rings. The normalized spacial score (nSPS) is 11.3. The quantitative estimate of drug-likeness (QED) is 0.515. The van der Waals surface area contributed by atoms with Gasteiger partial charge in [-0.2, -0.15) is 11.8 Å². The molecule has 1 amide bonds. The van der Waals surface area contributed by atoms with Gasteiger partial charge in [0.15, 0.2) is 0 Å². The third-order valence-corrected chi connectivity index (χ3v) is 6.89. The summed E-state index contributed by atoms with van der Waals surface area (Å²) in [5, 5.41) is 3.64. The van der Waals surface area contributed by atoms with Crippen molar-refractivity contribution in [3.63, 3.8) is 0 Å². The molecule has 0 aliphatic heterocycles. The highest BCUT2D eigenvalue weighted by Crippen LogP contribution is 2.22. The molecule has 1 N–H and O–H groups in total. The zero-order chi connectivity index (χ0) is 21.3. The fraction of sp³-hybridized carbons (Fsp3) is 0.381. The molecule has 0 unspecified atom stereocenters. The molecule has 158 valence electrons. The van der Waals surface area contributed by atoms with Gasteiger partial charge in [0, 0.05) is 36.0 Å². The number of para-hydroxylation sites is 1. The van der Waals surface area contributed by atoms with Gasteiger partial charge < -0.3 is 5.32 Å². The Morgan fingerprint density at radius 3 is 2.52 bits per heavy atom. The number of carbonyl (C=O) groups is 1. The van der Waals surface area contributed by atoms with Crippen molar-refractivity contribution in [3.8, 4) is 0 Å². The van der Waals surface area contributed by atoms with Crippen LogP contribution in [0.1, 0.15) is 24.0 Å². The average molecular weight is 455 g/mol. The number of rotatable bonds is 11. The van der Waals surface area contributed by atoms with Crippen LogP contribution in [0.3, 0.4) is 0 Å². The van der Waals surface area contributed by atoms with Gasteiger partial charge >= 0.3 is 0 Å². The van der Waals surface area contributed by atoms with Gasteiger partial charge in [0.2, 0.25) is 15.9 Å². The Hall–Kier alpha value is -1.70. The Morgan fingerprint density at radius 1 is 1.14 bits per heavy atom. The summed E-state index contributed by atoms with van der Waals surface area (Å²) in [6.07, 6.45) is 1.93. The van der Waals surface area contributed by atoms with E-state index in [2.05, 4.69) is 5.32 Å². The summed E-state index contributed by atoms with van der Waals surface area (Å²) in [6.45, 7) is 2.72. The monoisotopic (exact) mass is 454 g/mol. The highest BCUT2D eigenvalue weighted by atomic mass is 35.5. The van der Waals surface area contributed by atoms with E-state index in [9.17, 15) is 13.2 Å². The molecule has 0 heterocycles. The highest BCUT2D eigenvalue weighted by Gasteiger charge is 2.18. The molecule has 5 nitrogen and oxygen atoms in total. The van der Waals surface area contributed by atoms with Crippen molar-refractivity contribution >= 4 is 45.0 Å². The molecule has 2 rings (SSSR count). The minimum atomic E-state index is -3.41. The summed E-state index contributed by atoms with van der Waals surface area (Å²) in [5.41, 5.74) is 2.63. The first-order chi connectivity index (χ1) is 13.8. The Balaban J connectivity index is 1.71. The van der Waals surface area contributed by atoms with E-state index >= 15 is 0 Å². The van der Waals surface area contributed by atoms with E-state index in [4.69, 9.17) is 11.6 Å². The van der Waals surface area contributed by atoms with Crippen LogP contribution in [0.2, 0.25) is 5.02 Å². The molecule has 0 radical (unpaired) electrons. The molecular weight excluding hydrogens is 428 g/mol. The third-order valence-electron chi connectivity index (χ3n) is 4.33. The van der Waals surface area contributed by atoms with Gasteiger partial charge in [-0.3, -0.25) is 9.10 Å². The molecular formula is C21H27ClN2O3S2. The summed E-state index contributed by atoms with van der Waals surface area (Å²) in [5.74, 6) is 1.52. The van der Waals surface area contributed by atoms with Crippen molar-refractivity contribution < 1.29 is 13.2 Å². The smallest absolute Gasteiger partial charge is 0.232 e. The van der Waals surface area contributed by atoms with E-state index in [1.165, 1.54) is 10.6 Å². The minimum Gasteiger partial charge on any atom is -0.355 e. The van der Waals surface area contributed by atoms with Crippen molar-refractivity contribution in [2.75, 3.05) is 29.4 Å². The maximum Gasteiger partial charge on any atom is 0.232 e. The Labute approximate surface area is 182 Å². The van der Waals surface area contributed by atoms with E-state index in [-0.39, 0.29) is 18.9 Å². The van der Waals surface area contributed by atoms with Crippen molar-refractivity contribution in [1.29, 1.82) is 0 Å². The molecule has 0 bridgehead atoms. The number of thioether (sulfide) groups is 1. The number of nitrogens with one attached hydrogen (secondary N) is 1. The van der Waals surface area contributed by atoms with Crippen LogP contribution in [0.4, 0.5) is 5.69 Å². The molecule has 0 saturated carbocycles. The number of halogens is 1. The molecule has 0 spiro atoms. The van der Waals surface area contributed by atoms with E-state index in [1.807, 2.05) is 49.4 Å². The predicted octanol–water partition coefficient (Wildman–Crippen LogP) is 4.24. The van der Waals surface area contributed by atoms with Crippen LogP contribution in [0.5, 0.6) is 0 Å². The van der Waals surface area contributed by atoms with Gasteiger partial charge in [0.25, 0.3) is 0 Å². The first-order valence-corrected chi connectivity index (χ1v) is 12.8. The summed E-state index contributed by atoms with van der Waals surface area (Å²) in [7, 11) is -3.41. The molecule has 8 heteroatoms. The molecule has 2 aromatic carbocycles. The number of nitrogens with zero attached hydrogens (tertiary/aromatic N) is 1. The van der Waals surface area contributed by atoms with Crippen LogP contribution in [0.25, 0.3) is 0 Å². The van der Waals surface area contributed by atoms with Crippen LogP contribution >= 0.6 is 23.4 Å². The second-order valence-corrected chi connectivity index (χ2v) is 10.1. The van der Waals surface area contributed by atoms with Crippen LogP contribution in [-0.4, -0.2) is 39.4 Å². The van der Waals surface area contributed by atoms with Gasteiger partial charge in [0.1, 0.15) is 0 Å². The average Bonchev–Trinajstić information content (AvgIpc) is 2.66. The second-order valence-electron chi connectivity index (χ2n) is 6.72. The third kappa shape index (κ3) is 7.91. The number of aryl methyl sites for hydroxylation is 1. The van der Waals surface area contributed by atoms with Gasteiger partial charge in [-0.25, -0.2) is 8.42 Å². The van der Waals surface area contributed by atoms with Gasteiger partial charge in [-0.1, -0.05) is 48.0 Å². The fourth-order valence-corrected chi connectivity index (χ4v) is 5.01. The van der Waals surface area contributed by atoms with Crippen molar-refractivity contribution in [2.24, 2.45) is 0 Å². The number of hydrogen-bond donors (Lipinski definition) is 1. The van der Waals surface area contributed by atoms with E-state index < -0.39 is 10.0 Å². The standard InChI is InChI=1S/C21H27ClN2O3S2/c1-17-8-3-6-11-20(17)24(29(2,26)27)14-7-12-21(25)23-13-15-28-16-18-9-4-5-10-19(18)22/h3-6,8-11H,7,12-16H2,1-2H3,(H,23,25). The molecule has 0 aliphatic rings. The number of hydrogen-bond acceptors (Lipinski definition) is 4. The van der Waals surface area contributed by atoms with E-state index in [1.54, 1.807) is 17.8 Å². The summed E-state index contributed by atoms with van der Waals surface area (Å²) >= 11 is 7.83. The van der Waals surface area contributed by atoms with E-state index in [0.29, 0.717) is 18.7 Å². The predicted molar refractivity (Wildman–Crippen MR) is 123 cm³/mol. The van der Waals surface area contributed by atoms with Crippen molar-refractivity contribution in [1.82, 2.24) is 5.32 Å². The number of amides is 1. The zero-order valence-corrected chi connectivity index (χ0v) is 19.1. The molecule has 0 fully saturated rings. The minimum absolute atomic E-state index is 0.0680. The Kier molecular flexibility index (Phi) is 9.33. The lowest BCUT2D eigenvalue weighted by Gasteiger charge is -2.24. The van der Waals surface area contributed by atoms with Gasteiger partial charge in [-0.05, 0) is 36.6 Å². The van der Waals surface area contributed by atoms with E-state index in [0.717, 1.165) is 27.7 Å². The van der Waals surface area contributed by atoms with Crippen LogP contribution in [0.15, 0.2) is 48.5 Å². The zero-order valence-electron chi connectivity index (χ0n) is 16.7. The van der Waals surface area contributed by atoms with Crippen LogP contribution in [-0.2, 0) is 20.6 Å². The summed E-state index contributed by atoms with van der Waals surface area (Å²) < 4.78 is 25.7. The lowest BCUT2D eigenvalue weighted by molar-refractivity contribution is -0.121. The molecule has 0 atom stereocenters. The first kappa shape index (κ1) is 23.6.